The van der Waals surface area contributed by atoms with E-state index in [0.29, 0.717) is 0 Å². The molecule has 0 fully saturated rings. The zero-order valence-electron chi connectivity index (χ0n) is 26.6. The van der Waals surface area contributed by atoms with E-state index < -0.39 is 8.07 Å². The van der Waals surface area contributed by atoms with E-state index >= 15 is 0 Å². The topological polar surface area (TPSA) is 3.24 Å². The average Bonchev–Trinajstić information content (AvgIpc) is 3.13. The van der Waals surface area contributed by atoms with Crippen molar-refractivity contribution in [2.45, 2.75) is 22.9 Å². The van der Waals surface area contributed by atoms with Gasteiger partial charge in [0.05, 0.1) is 0 Å². The maximum absolute atomic E-state index is 2.49. The molecular formula is C44H35NSSi. The zero-order valence-corrected chi connectivity index (χ0v) is 28.4. The van der Waals surface area contributed by atoms with Crippen molar-refractivity contribution < 1.29 is 0 Å². The van der Waals surface area contributed by atoms with Gasteiger partial charge >= 0.3 is 0 Å². The Morgan fingerprint density at radius 3 is 1.26 bits per heavy atom. The molecule has 0 radical (unpaired) electrons. The molecule has 7 aromatic rings. The molecule has 0 atom stereocenters. The van der Waals surface area contributed by atoms with Crippen LogP contribution in [-0.2, 0) is 0 Å². The van der Waals surface area contributed by atoms with Gasteiger partial charge in [-0.2, -0.15) is 0 Å². The Hall–Kier alpha value is -5.09. The summed E-state index contributed by atoms with van der Waals surface area (Å²) in [5.41, 5.74) is 10.8. The minimum Gasteiger partial charge on any atom is -0.311 e. The second-order valence-electron chi connectivity index (χ2n) is 12.6. The largest absolute Gasteiger partial charge is 0.311 e. The molecule has 0 aromatic heterocycles. The minimum absolute atomic E-state index is 1.13. The van der Waals surface area contributed by atoms with Gasteiger partial charge in [0, 0.05) is 26.9 Å². The lowest BCUT2D eigenvalue weighted by atomic mass is 10.0. The number of fused-ring (bicyclic) bond motifs is 2. The average molecular weight is 638 g/mol. The first kappa shape index (κ1) is 29.3. The van der Waals surface area contributed by atoms with Crippen LogP contribution in [0, 0.1) is 0 Å². The Morgan fingerprint density at radius 1 is 0.362 bits per heavy atom. The first-order chi connectivity index (χ1) is 23.0. The Kier molecular flexibility index (Phi) is 7.65. The van der Waals surface area contributed by atoms with Gasteiger partial charge < -0.3 is 4.90 Å². The molecule has 0 aliphatic carbocycles. The molecule has 0 amide bonds. The van der Waals surface area contributed by atoms with E-state index in [1.165, 1.54) is 53.5 Å². The molecule has 226 valence electrons. The van der Waals surface area contributed by atoms with E-state index in [9.17, 15) is 0 Å². The van der Waals surface area contributed by atoms with Gasteiger partial charge in [0.2, 0.25) is 0 Å². The summed E-state index contributed by atoms with van der Waals surface area (Å²) in [5, 5.41) is 3.07. The molecular weight excluding hydrogens is 603 g/mol. The molecule has 1 nitrogen and oxygen atoms in total. The van der Waals surface area contributed by atoms with Gasteiger partial charge in [-0.25, -0.2) is 0 Å². The first-order valence-electron chi connectivity index (χ1n) is 16.2. The van der Waals surface area contributed by atoms with Crippen LogP contribution in [0.1, 0.15) is 0 Å². The fourth-order valence-corrected chi connectivity index (χ4v) is 12.2. The fourth-order valence-electron chi connectivity index (χ4n) is 6.74. The van der Waals surface area contributed by atoms with Crippen molar-refractivity contribution in [2.24, 2.45) is 0 Å². The van der Waals surface area contributed by atoms with Crippen LogP contribution in [0.5, 0.6) is 0 Å². The van der Waals surface area contributed by atoms with Crippen molar-refractivity contribution in [1.29, 1.82) is 0 Å². The second-order valence-corrected chi connectivity index (χ2v) is 18.1. The smallest absolute Gasteiger partial charge is 0.115 e. The number of hydrogen-bond donors (Lipinski definition) is 0. The summed E-state index contributed by atoms with van der Waals surface area (Å²) in [6.07, 6.45) is 0. The number of anilines is 3. The highest BCUT2D eigenvalue weighted by Crippen LogP contribution is 2.39. The molecule has 1 heterocycles. The van der Waals surface area contributed by atoms with Gasteiger partial charge in [0.25, 0.3) is 0 Å². The van der Waals surface area contributed by atoms with Crippen LogP contribution < -0.4 is 15.3 Å². The van der Waals surface area contributed by atoms with Crippen molar-refractivity contribution in [2.75, 3.05) is 4.90 Å². The predicted molar refractivity (Wildman–Crippen MR) is 205 cm³/mol. The van der Waals surface area contributed by atoms with Crippen molar-refractivity contribution >= 4 is 47.3 Å². The highest BCUT2D eigenvalue weighted by molar-refractivity contribution is 8.00. The van der Waals surface area contributed by atoms with Crippen LogP contribution in [0.2, 0.25) is 13.1 Å². The molecule has 0 saturated heterocycles. The van der Waals surface area contributed by atoms with Crippen LogP contribution in [0.3, 0.4) is 0 Å². The van der Waals surface area contributed by atoms with Crippen molar-refractivity contribution in [3.05, 3.63) is 176 Å². The monoisotopic (exact) mass is 637 g/mol. The highest BCUT2D eigenvalue weighted by atomic mass is 32.2. The van der Waals surface area contributed by atoms with E-state index in [2.05, 4.69) is 194 Å². The molecule has 0 spiro atoms. The van der Waals surface area contributed by atoms with Gasteiger partial charge in [0.1, 0.15) is 8.07 Å². The molecule has 47 heavy (non-hydrogen) atoms. The Morgan fingerprint density at radius 2 is 0.745 bits per heavy atom. The third-order valence-corrected chi connectivity index (χ3v) is 14.4. The van der Waals surface area contributed by atoms with Crippen LogP contribution in [0.4, 0.5) is 17.1 Å². The second kappa shape index (κ2) is 12.3. The summed E-state index contributed by atoms with van der Waals surface area (Å²) >= 11 is 1.92. The molecule has 1 aliphatic heterocycles. The first-order valence-corrected chi connectivity index (χ1v) is 20.0. The summed E-state index contributed by atoms with van der Waals surface area (Å²) in [7, 11) is -1.80. The standard InChI is InChI=1S/C44H35NSSi/c1-47(2)43-16-10-9-15-41(43)46-42-30-23-37(31-44(42)47)36-21-28-40(29-22-36)45(38-24-17-34(18-25-38)32-11-5-3-6-12-32)39-26-19-35(20-27-39)33-13-7-4-8-14-33/h3-31H,1-2H3. The van der Waals surface area contributed by atoms with E-state index in [1.807, 2.05) is 11.8 Å². The zero-order chi connectivity index (χ0) is 31.8. The lowest BCUT2D eigenvalue weighted by Crippen LogP contribution is -2.56. The predicted octanol–water partition coefficient (Wildman–Crippen LogP) is 11.4. The summed E-state index contributed by atoms with van der Waals surface area (Å²) in [5.74, 6) is 0. The van der Waals surface area contributed by atoms with Gasteiger partial charge in [-0.3, -0.25) is 0 Å². The van der Waals surface area contributed by atoms with E-state index in [0.717, 1.165) is 17.1 Å². The van der Waals surface area contributed by atoms with Gasteiger partial charge in [-0.1, -0.05) is 152 Å². The lowest BCUT2D eigenvalue weighted by molar-refractivity contribution is 1.28. The molecule has 1 aliphatic rings. The quantitative estimate of drug-likeness (QED) is 0.167. The highest BCUT2D eigenvalue weighted by Gasteiger charge is 2.35. The molecule has 8 rings (SSSR count). The number of rotatable bonds is 6. The minimum atomic E-state index is -1.80. The normalized spacial score (nSPS) is 13.0. The van der Waals surface area contributed by atoms with Crippen LogP contribution in [0.25, 0.3) is 33.4 Å². The van der Waals surface area contributed by atoms with Crippen LogP contribution in [0.15, 0.2) is 186 Å². The van der Waals surface area contributed by atoms with Crippen molar-refractivity contribution in [3.8, 4) is 33.4 Å². The van der Waals surface area contributed by atoms with E-state index in [1.54, 1.807) is 0 Å². The summed E-state index contributed by atoms with van der Waals surface area (Å²) < 4.78 is 0. The third kappa shape index (κ3) is 5.63. The maximum Gasteiger partial charge on any atom is 0.115 e. The number of nitrogens with zero attached hydrogens (tertiary/aromatic N) is 1. The molecule has 0 saturated carbocycles. The number of hydrogen-bond acceptors (Lipinski definition) is 2. The van der Waals surface area contributed by atoms with Crippen molar-refractivity contribution in [3.63, 3.8) is 0 Å². The lowest BCUT2D eigenvalue weighted by Gasteiger charge is -2.33. The van der Waals surface area contributed by atoms with Gasteiger partial charge in [0.15, 0.2) is 0 Å². The van der Waals surface area contributed by atoms with Crippen LogP contribution in [-0.4, -0.2) is 8.07 Å². The summed E-state index contributed by atoms with van der Waals surface area (Å²) in [6.45, 7) is 4.97. The maximum atomic E-state index is 2.49. The summed E-state index contributed by atoms with van der Waals surface area (Å²) in [4.78, 5) is 5.18. The Bertz CT molecular complexity index is 2070. The fraction of sp³-hybridized carbons (Fsp3) is 0.0455. The Balaban J connectivity index is 1.15. The number of benzene rings is 7. The SMILES string of the molecule is C[Si]1(C)c2ccccc2Sc2ccc(-c3ccc(N(c4ccc(-c5ccccc5)cc4)c4ccc(-c5ccccc5)cc4)cc3)cc21. The molecule has 7 aromatic carbocycles. The van der Waals surface area contributed by atoms with E-state index in [-0.39, 0.29) is 0 Å². The molecule has 3 heteroatoms. The van der Waals surface area contributed by atoms with Crippen LogP contribution >= 0.6 is 11.8 Å². The molecule has 0 unspecified atom stereocenters. The third-order valence-electron chi connectivity index (χ3n) is 9.36. The Labute approximate surface area is 283 Å². The summed E-state index contributed by atoms with van der Waals surface area (Å²) in [6, 6.07) is 64.1. The van der Waals surface area contributed by atoms with Gasteiger partial charge in [-0.15, -0.1) is 0 Å². The molecule has 0 N–H and O–H groups in total. The van der Waals surface area contributed by atoms with Crippen molar-refractivity contribution in [1.82, 2.24) is 0 Å². The molecule has 0 bridgehead atoms. The van der Waals surface area contributed by atoms with Gasteiger partial charge in [-0.05, 0) is 92.3 Å². The van der Waals surface area contributed by atoms with E-state index in [4.69, 9.17) is 0 Å².